The lowest BCUT2D eigenvalue weighted by atomic mass is 9.66. The third kappa shape index (κ3) is 3.56. The molecule has 3 rings (SSSR count). The first kappa shape index (κ1) is 17.5. The first-order valence-corrected chi connectivity index (χ1v) is 9.87. The molecule has 0 aromatic carbocycles. The maximum Gasteiger partial charge on any atom is 0.490 e. The lowest BCUT2D eigenvalue weighted by Gasteiger charge is -2.35. The highest BCUT2D eigenvalue weighted by molar-refractivity contribution is 6.54. The van der Waals surface area contributed by atoms with Crippen LogP contribution in [-0.2, 0) is 9.31 Å². The minimum atomic E-state index is -0.214. The van der Waals surface area contributed by atoms with Gasteiger partial charge in [-0.15, -0.1) is 0 Å². The summed E-state index contributed by atoms with van der Waals surface area (Å²) in [6, 6.07) is 0. The summed E-state index contributed by atoms with van der Waals surface area (Å²) in [6.07, 6.45) is 13.4. The molecule has 0 spiro atoms. The number of allylic oxidation sites excluding steroid dienone is 2. The van der Waals surface area contributed by atoms with Crippen molar-refractivity contribution in [1.82, 2.24) is 0 Å². The van der Waals surface area contributed by atoms with E-state index in [1.54, 1.807) is 0 Å². The van der Waals surface area contributed by atoms with Gasteiger partial charge in [-0.3, -0.25) is 0 Å². The van der Waals surface area contributed by atoms with Crippen LogP contribution in [0.25, 0.3) is 0 Å². The molecule has 1 unspecified atom stereocenters. The SMILES string of the molecule is CC[C@H]1CC[C@H](C2CC=C(B3OC(C)(C)C(C)(C)O3)CC2)CC1. The highest BCUT2D eigenvalue weighted by Gasteiger charge is 2.52. The first-order chi connectivity index (χ1) is 10.8. The Balaban J connectivity index is 1.55. The Hall–Kier alpha value is -0.275. The minimum Gasteiger partial charge on any atom is -0.400 e. The van der Waals surface area contributed by atoms with Crippen molar-refractivity contribution in [1.29, 1.82) is 0 Å². The van der Waals surface area contributed by atoms with E-state index in [-0.39, 0.29) is 18.3 Å². The fourth-order valence-corrected chi connectivity index (χ4v) is 4.58. The molecule has 1 atom stereocenters. The van der Waals surface area contributed by atoms with Gasteiger partial charge in [-0.25, -0.2) is 0 Å². The molecule has 23 heavy (non-hydrogen) atoms. The molecule has 1 heterocycles. The van der Waals surface area contributed by atoms with Crippen LogP contribution in [0.2, 0.25) is 0 Å². The van der Waals surface area contributed by atoms with Gasteiger partial charge in [-0.2, -0.15) is 0 Å². The molecule has 0 N–H and O–H groups in total. The smallest absolute Gasteiger partial charge is 0.400 e. The zero-order valence-electron chi connectivity index (χ0n) is 15.9. The third-order valence-electron chi connectivity index (χ3n) is 7.18. The summed E-state index contributed by atoms with van der Waals surface area (Å²) in [5.74, 6) is 2.87. The lowest BCUT2D eigenvalue weighted by Crippen LogP contribution is -2.41. The molecule has 0 bridgehead atoms. The van der Waals surface area contributed by atoms with Crippen molar-refractivity contribution in [2.24, 2.45) is 17.8 Å². The van der Waals surface area contributed by atoms with E-state index in [0.29, 0.717) is 0 Å². The van der Waals surface area contributed by atoms with Gasteiger partial charge in [-0.1, -0.05) is 32.3 Å². The zero-order chi connectivity index (χ0) is 16.7. The quantitative estimate of drug-likeness (QED) is 0.634. The van der Waals surface area contributed by atoms with Crippen molar-refractivity contribution >= 4 is 7.12 Å². The Labute approximate surface area is 143 Å². The predicted molar refractivity (Wildman–Crippen MR) is 97.2 cm³/mol. The van der Waals surface area contributed by atoms with Gasteiger partial charge in [0.15, 0.2) is 0 Å². The van der Waals surface area contributed by atoms with Crippen LogP contribution in [0.3, 0.4) is 0 Å². The molecular formula is C20H35BO2. The molecule has 1 saturated heterocycles. The average Bonchev–Trinajstić information content (AvgIpc) is 2.76. The number of hydrogen-bond donors (Lipinski definition) is 0. The average molecular weight is 318 g/mol. The summed E-state index contributed by atoms with van der Waals surface area (Å²) in [5.41, 5.74) is 0.962. The lowest BCUT2D eigenvalue weighted by molar-refractivity contribution is 0.00578. The van der Waals surface area contributed by atoms with Crippen molar-refractivity contribution in [2.45, 2.75) is 97.2 Å². The fourth-order valence-electron chi connectivity index (χ4n) is 4.58. The second kappa shape index (κ2) is 6.56. The Kier molecular flexibility index (Phi) is 5.00. The fraction of sp³-hybridized carbons (Fsp3) is 0.900. The Morgan fingerprint density at radius 2 is 1.57 bits per heavy atom. The van der Waals surface area contributed by atoms with E-state index in [0.717, 1.165) is 24.2 Å². The molecule has 3 aliphatic rings. The second-order valence-corrected chi connectivity index (χ2v) is 9.09. The third-order valence-corrected chi connectivity index (χ3v) is 7.18. The van der Waals surface area contributed by atoms with Crippen molar-refractivity contribution in [3.05, 3.63) is 11.5 Å². The maximum atomic E-state index is 6.22. The van der Waals surface area contributed by atoms with E-state index in [2.05, 4.69) is 40.7 Å². The maximum absolute atomic E-state index is 6.22. The predicted octanol–water partition coefficient (Wildman–Crippen LogP) is 5.56. The van der Waals surface area contributed by atoms with E-state index in [1.165, 1.54) is 50.4 Å². The normalized spacial score (nSPS) is 36.8. The number of hydrogen-bond acceptors (Lipinski definition) is 2. The van der Waals surface area contributed by atoms with E-state index in [9.17, 15) is 0 Å². The van der Waals surface area contributed by atoms with Crippen LogP contribution >= 0.6 is 0 Å². The standard InChI is InChI=1S/C20H35BO2/c1-6-15-7-9-16(10-8-15)17-11-13-18(14-12-17)21-22-19(2,3)20(4,5)23-21/h13,15-17H,6-12,14H2,1-5H3/t15-,16-,17?. The first-order valence-electron chi connectivity index (χ1n) is 9.87. The van der Waals surface area contributed by atoms with Gasteiger partial charge >= 0.3 is 7.12 Å². The van der Waals surface area contributed by atoms with E-state index >= 15 is 0 Å². The number of rotatable bonds is 3. The molecule has 0 aromatic rings. The Morgan fingerprint density at radius 1 is 0.957 bits per heavy atom. The zero-order valence-corrected chi connectivity index (χ0v) is 15.9. The second-order valence-electron chi connectivity index (χ2n) is 9.09. The molecule has 0 amide bonds. The highest BCUT2D eigenvalue weighted by atomic mass is 16.7. The van der Waals surface area contributed by atoms with Crippen molar-refractivity contribution < 1.29 is 9.31 Å². The van der Waals surface area contributed by atoms with Crippen LogP contribution in [0.5, 0.6) is 0 Å². The van der Waals surface area contributed by atoms with Gasteiger partial charge in [0.25, 0.3) is 0 Å². The van der Waals surface area contributed by atoms with Gasteiger partial charge < -0.3 is 9.31 Å². The van der Waals surface area contributed by atoms with E-state index in [4.69, 9.17) is 9.31 Å². The summed E-state index contributed by atoms with van der Waals surface area (Å²) in [7, 11) is -0.114. The molecule has 0 aromatic heterocycles. The molecular weight excluding hydrogens is 283 g/mol. The Bertz CT molecular complexity index is 431. The van der Waals surface area contributed by atoms with Crippen LogP contribution in [0.4, 0.5) is 0 Å². The summed E-state index contributed by atoms with van der Waals surface area (Å²) in [4.78, 5) is 0. The minimum absolute atomic E-state index is 0.114. The van der Waals surface area contributed by atoms with Crippen molar-refractivity contribution in [3.8, 4) is 0 Å². The van der Waals surface area contributed by atoms with Gasteiger partial charge in [0.05, 0.1) is 11.2 Å². The summed E-state index contributed by atoms with van der Waals surface area (Å²) in [6.45, 7) is 10.9. The molecule has 0 radical (unpaired) electrons. The highest BCUT2D eigenvalue weighted by Crippen LogP contribution is 2.43. The van der Waals surface area contributed by atoms with Crippen LogP contribution < -0.4 is 0 Å². The van der Waals surface area contributed by atoms with E-state index < -0.39 is 0 Å². The molecule has 130 valence electrons. The summed E-state index contributed by atoms with van der Waals surface area (Å²) < 4.78 is 12.4. The molecule has 2 nitrogen and oxygen atoms in total. The van der Waals surface area contributed by atoms with Crippen LogP contribution in [0, 0.1) is 17.8 Å². The largest absolute Gasteiger partial charge is 0.490 e. The van der Waals surface area contributed by atoms with Gasteiger partial charge in [-0.05, 0) is 83.0 Å². The van der Waals surface area contributed by atoms with Gasteiger partial charge in [0.1, 0.15) is 0 Å². The molecule has 1 saturated carbocycles. The van der Waals surface area contributed by atoms with Crippen molar-refractivity contribution in [2.75, 3.05) is 0 Å². The topological polar surface area (TPSA) is 18.5 Å². The van der Waals surface area contributed by atoms with Crippen LogP contribution in [0.1, 0.15) is 86.0 Å². The summed E-state index contributed by atoms with van der Waals surface area (Å²) >= 11 is 0. The molecule has 2 aliphatic carbocycles. The molecule has 2 fully saturated rings. The van der Waals surface area contributed by atoms with E-state index in [1.807, 2.05) is 0 Å². The van der Waals surface area contributed by atoms with Crippen molar-refractivity contribution in [3.63, 3.8) is 0 Å². The summed E-state index contributed by atoms with van der Waals surface area (Å²) in [5, 5.41) is 0. The van der Waals surface area contributed by atoms with Crippen LogP contribution in [0.15, 0.2) is 11.5 Å². The van der Waals surface area contributed by atoms with Gasteiger partial charge in [0.2, 0.25) is 0 Å². The monoisotopic (exact) mass is 318 g/mol. The molecule has 3 heteroatoms. The van der Waals surface area contributed by atoms with Gasteiger partial charge in [0, 0.05) is 0 Å². The molecule has 1 aliphatic heterocycles. The Morgan fingerprint density at radius 3 is 2.04 bits per heavy atom. The van der Waals surface area contributed by atoms with Crippen LogP contribution in [-0.4, -0.2) is 18.3 Å².